The first-order chi connectivity index (χ1) is 14.3. The molecule has 0 aliphatic carbocycles. The lowest BCUT2D eigenvalue weighted by Gasteiger charge is -2.34. The minimum Gasteiger partial charge on any atom is -0.396 e. The molecule has 0 saturated heterocycles. The van der Waals surface area contributed by atoms with Crippen LogP contribution in [0.5, 0.6) is 0 Å². The Bertz CT molecular complexity index is 402. The summed E-state index contributed by atoms with van der Waals surface area (Å²) in [6.45, 7) is -5.39. The van der Waals surface area contributed by atoms with E-state index < -0.39 is 75.2 Å². The van der Waals surface area contributed by atoms with Crippen molar-refractivity contribution in [1.82, 2.24) is 0 Å². The molecule has 0 saturated carbocycles. The molecule has 0 rings (SSSR count). The highest BCUT2D eigenvalue weighted by Crippen LogP contribution is 2.23. The third kappa shape index (κ3) is 9.34. The van der Waals surface area contributed by atoms with Gasteiger partial charge in [0.15, 0.2) is 0 Å². The number of hydrogen-bond acceptors (Lipinski definition) is 12. The minimum atomic E-state index is -1.27. The first kappa shape index (κ1) is 29.5. The van der Waals surface area contributed by atoms with Gasteiger partial charge in [-0.3, -0.25) is 0 Å². The Morgan fingerprint density at radius 2 is 0.767 bits per heavy atom. The van der Waals surface area contributed by atoms with Crippen LogP contribution >= 0.6 is 0 Å². The summed E-state index contributed by atoms with van der Waals surface area (Å²) in [5.41, 5.74) is -3.74. The summed E-state index contributed by atoms with van der Waals surface area (Å²) < 4.78 is 16.1. The molecule has 0 aromatic heterocycles. The van der Waals surface area contributed by atoms with Crippen LogP contribution in [0.15, 0.2) is 0 Å². The van der Waals surface area contributed by atoms with E-state index in [1.54, 1.807) is 0 Å². The van der Waals surface area contributed by atoms with Crippen LogP contribution in [0.3, 0.4) is 0 Å². The predicted octanol–water partition coefficient (Wildman–Crippen LogP) is -4.71. The Labute approximate surface area is 175 Å². The van der Waals surface area contributed by atoms with Crippen LogP contribution < -0.4 is 0 Å². The molecule has 0 fully saturated rings. The molecule has 30 heavy (non-hydrogen) atoms. The van der Waals surface area contributed by atoms with Crippen LogP contribution in [-0.4, -0.2) is 145 Å². The molecule has 0 aromatic rings. The van der Waals surface area contributed by atoms with Crippen molar-refractivity contribution in [1.29, 1.82) is 0 Å². The van der Waals surface area contributed by atoms with Gasteiger partial charge in [-0.2, -0.15) is 0 Å². The lowest BCUT2D eigenvalue weighted by molar-refractivity contribution is -0.134. The van der Waals surface area contributed by atoms with Crippen molar-refractivity contribution in [2.75, 3.05) is 92.5 Å². The molecule has 9 N–H and O–H groups in total. The number of hydrogen-bond donors (Lipinski definition) is 9. The molecular formula is C18H38O12. The fraction of sp³-hybridized carbons (Fsp3) is 1.00. The summed E-state index contributed by atoms with van der Waals surface area (Å²) >= 11 is 0. The first-order valence-electron chi connectivity index (χ1n) is 9.58. The second-order valence-electron chi connectivity index (χ2n) is 7.94. The zero-order valence-corrected chi connectivity index (χ0v) is 17.2. The molecule has 12 nitrogen and oxygen atoms in total. The lowest BCUT2D eigenvalue weighted by atomic mass is 9.90. The minimum absolute atomic E-state index is 0.176. The molecule has 0 aliphatic rings. The van der Waals surface area contributed by atoms with Crippen molar-refractivity contribution in [3.63, 3.8) is 0 Å². The number of aliphatic hydroxyl groups excluding tert-OH is 9. The largest absolute Gasteiger partial charge is 0.396 e. The molecular weight excluding hydrogens is 408 g/mol. The second-order valence-corrected chi connectivity index (χ2v) is 7.94. The van der Waals surface area contributed by atoms with E-state index in [9.17, 15) is 40.9 Å². The van der Waals surface area contributed by atoms with Gasteiger partial charge in [-0.05, 0) is 0 Å². The number of aliphatic hydroxyl groups is 9. The first-order valence-corrected chi connectivity index (χ1v) is 9.58. The fourth-order valence-corrected chi connectivity index (χ4v) is 2.27. The van der Waals surface area contributed by atoms with Gasteiger partial charge in [-0.15, -0.1) is 0 Å². The highest BCUT2D eigenvalue weighted by Gasteiger charge is 2.36. The average molecular weight is 446 g/mol. The molecule has 0 amide bonds. The van der Waals surface area contributed by atoms with Gasteiger partial charge in [0, 0.05) is 0 Å². The van der Waals surface area contributed by atoms with E-state index in [1.165, 1.54) is 0 Å². The van der Waals surface area contributed by atoms with Crippen LogP contribution in [0.25, 0.3) is 0 Å². The molecule has 0 aromatic carbocycles. The summed E-state index contributed by atoms with van der Waals surface area (Å²) in [5.74, 6) is 0. The van der Waals surface area contributed by atoms with Gasteiger partial charge in [0.25, 0.3) is 0 Å². The lowest BCUT2D eigenvalue weighted by Crippen LogP contribution is -2.45. The van der Waals surface area contributed by atoms with E-state index in [1.807, 2.05) is 0 Å². The monoisotopic (exact) mass is 446 g/mol. The van der Waals surface area contributed by atoms with Gasteiger partial charge in [-0.1, -0.05) is 0 Å². The quantitative estimate of drug-likeness (QED) is 0.0864. The maximum absolute atomic E-state index is 9.71. The second kappa shape index (κ2) is 15.3. The number of ether oxygens (including phenoxy) is 3. The van der Waals surface area contributed by atoms with Crippen molar-refractivity contribution < 1.29 is 60.2 Å². The van der Waals surface area contributed by atoms with Crippen molar-refractivity contribution >= 4 is 0 Å². The SMILES string of the molecule is OCC(O)COCC(CO)(CO)COCC(CO)(CO)COCC(CO)(CO)CO. The maximum Gasteiger partial charge on any atom is 0.100 e. The van der Waals surface area contributed by atoms with Crippen LogP contribution in [0.1, 0.15) is 0 Å². The van der Waals surface area contributed by atoms with Gasteiger partial charge >= 0.3 is 0 Å². The van der Waals surface area contributed by atoms with Crippen molar-refractivity contribution in [2.24, 2.45) is 16.2 Å². The highest BCUT2D eigenvalue weighted by molar-refractivity contribution is 4.82. The van der Waals surface area contributed by atoms with E-state index in [-0.39, 0.29) is 39.6 Å². The summed E-state index contributed by atoms with van der Waals surface area (Å²) in [4.78, 5) is 0. The van der Waals surface area contributed by atoms with Gasteiger partial charge in [0.1, 0.15) is 6.10 Å². The van der Waals surface area contributed by atoms with Gasteiger partial charge in [0.2, 0.25) is 0 Å². The van der Waals surface area contributed by atoms with Crippen LogP contribution in [0, 0.1) is 16.2 Å². The van der Waals surface area contributed by atoms with E-state index in [0.717, 1.165) is 0 Å². The van der Waals surface area contributed by atoms with Crippen LogP contribution in [-0.2, 0) is 14.2 Å². The normalized spacial score (nSPS) is 14.3. The molecule has 12 heteroatoms. The molecule has 182 valence electrons. The van der Waals surface area contributed by atoms with Gasteiger partial charge in [0.05, 0.1) is 109 Å². The van der Waals surface area contributed by atoms with E-state index >= 15 is 0 Å². The van der Waals surface area contributed by atoms with Crippen molar-refractivity contribution in [2.45, 2.75) is 6.10 Å². The zero-order valence-electron chi connectivity index (χ0n) is 17.2. The maximum atomic E-state index is 9.71. The van der Waals surface area contributed by atoms with Gasteiger partial charge < -0.3 is 60.2 Å². The van der Waals surface area contributed by atoms with Crippen LogP contribution in [0.2, 0.25) is 0 Å². The molecule has 0 radical (unpaired) electrons. The highest BCUT2D eigenvalue weighted by atomic mass is 16.5. The Morgan fingerprint density at radius 3 is 1.07 bits per heavy atom. The molecule has 1 unspecified atom stereocenters. The summed E-state index contributed by atoms with van der Waals surface area (Å²) in [6, 6.07) is 0. The Morgan fingerprint density at radius 1 is 0.467 bits per heavy atom. The van der Waals surface area contributed by atoms with E-state index in [2.05, 4.69) is 0 Å². The van der Waals surface area contributed by atoms with E-state index in [4.69, 9.17) is 19.3 Å². The summed E-state index contributed by atoms with van der Waals surface area (Å²) in [5, 5.41) is 84.7. The topological polar surface area (TPSA) is 210 Å². The smallest absolute Gasteiger partial charge is 0.100 e. The number of rotatable bonds is 20. The Kier molecular flexibility index (Phi) is 15.1. The summed E-state index contributed by atoms with van der Waals surface area (Å²) in [7, 11) is 0. The molecule has 0 aliphatic heterocycles. The van der Waals surface area contributed by atoms with Crippen LogP contribution in [0.4, 0.5) is 0 Å². The predicted molar refractivity (Wildman–Crippen MR) is 102 cm³/mol. The molecule has 0 bridgehead atoms. The summed E-state index contributed by atoms with van der Waals surface area (Å²) in [6.07, 6.45) is -1.10. The third-order valence-corrected chi connectivity index (χ3v) is 4.91. The molecule has 1 atom stereocenters. The molecule has 0 spiro atoms. The third-order valence-electron chi connectivity index (χ3n) is 4.91. The Balaban J connectivity index is 4.80. The zero-order chi connectivity index (χ0) is 23.1. The fourth-order valence-electron chi connectivity index (χ4n) is 2.27. The molecule has 0 heterocycles. The average Bonchev–Trinajstić information content (AvgIpc) is 2.80. The van der Waals surface area contributed by atoms with Crippen molar-refractivity contribution in [3.8, 4) is 0 Å². The van der Waals surface area contributed by atoms with E-state index in [0.29, 0.717) is 0 Å². The van der Waals surface area contributed by atoms with Gasteiger partial charge in [-0.25, -0.2) is 0 Å². The standard InChI is InChI=1S/C18H38O12/c19-1-15(27)2-28-11-17(6-23,7-24)12-30-14-18(8-25,9-26)13-29-10-16(3-20,4-21)5-22/h15,19-27H,1-14H2. The Hall–Kier alpha value is -0.480. The van der Waals surface area contributed by atoms with Crippen molar-refractivity contribution in [3.05, 3.63) is 0 Å².